The Labute approximate surface area is 98.4 Å². The molecule has 1 unspecified atom stereocenters. The summed E-state index contributed by atoms with van der Waals surface area (Å²) < 4.78 is 5.23. The minimum atomic E-state index is -0.175. The van der Waals surface area contributed by atoms with Crippen LogP contribution in [0.15, 0.2) is 12.4 Å². The summed E-state index contributed by atoms with van der Waals surface area (Å²) >= 11 is 5.68. The average Bonchev–Trinajstić information content (AvgIpc) is 2.80. The van der Waals surface area contributed by atoms with Crippen molar-refractivity contribution in [3.8, 4) is 0 Å². The Morgan fingerprint density at radius 3 is 3.06 bits per heavy atom. The number of likely N-dealkylation sites (N-methyl/N-ethyl adjacent to an activating group) is 1. The number of carbonyl (C=O) groups is 1. The van der Waals surface area contributed by atoms with Gasteiger partial charge in [0.25, 0.3) is 5.91 Å². The summed E-state index contributed by atoms with van der Waals surface area (Å²) in [5, 5.41) is 0.224. The van der Waals surface area contributed by atoms with Gasteiger partial charge in [0.15, 0.2) is 0 Å². The van der Waals surface area contributed by atoms with E-state index in [9.17, 15) is 4.79 Å². The lowest BCUT2D eigenvalue weighted by Gasteiger charge is -2.22. The summed E-state index contributed by atoms with van der Waals surface area (Å²) in [6.07, 6.45) is 3.67. The Bertz CT molecular complexity index is 393. The smallest absolute Gasteiger partial charge is 0.274 e. The number of hydrogen-bond acceptors (Lipinski definition) is 4. The van der Waals surface area contributed by atoms with E-state index in [0.29, 0.717) is 13.2 Å². The topological polar surface area (TPSA) is 55.3 Å². The number of amides is 1. The van der Waals surface area contributed by atoms with Crippen molar-refractivity contribution >= 4 is 17.5 Å². The fourth-order valence-corrected chi connectivity index (χ4v) is 1.77. The first-order valence-electron chi connectivity index (χ1n) is 5.01. The molecule has 1 aliphatic heterocycles. The number of hydrogen-bond donors (Lipinski definition) is 0. The normalized spacial score (nSPS) is 19.8. The molecule has 1 fully saturated rings. The Morgan fingerprint density at radius 1 is 1.62 bits per heavy atom. The number of rotatable bonds is 2. The van der Waals surface area contributed by atoms with Crippen LogP contribution in [-0.2, 0) is 4.74 Å². The van der Waals surface area contributed by atoms with E-state index < -0.39 is 0 Å². The zero-order valence-electron chi connectivity index (χ0n) is 8.89. The summed E-state index contributed by atoms with van der Waals surface area (Å²) in [4.78, 5) is 21.4. The van der Waals surface area contributed by atoms with Crippen LogP contribution < -0.4 is 0 Å². The summed E-state index contributed by atoms with van der Waals surface area (Å²) in [6.45, 7) is 1.28. The van der Waals surface area contributed by atoms with Crippen LogP contribution in [0.4, 0.5) is 0 Å². The summed E-state index contributed by atoms with van der Waals surface area (Å²) in [5.41, 5.74) is 0.266. The Balaban J connectivity index is 2.12. The van der Waals surface area contributed by atoms with E-state index in [4.69, 9.17) is 16.3 Å². The number of nitrogens with zero attached hydrogens (tertiary/aromatic N) is 3. The fraction of sp³-hybridized carbons (Fsp3) is 0.500. The largest absolute Gasteiger partial charge is 0.379 e. The van der Waals surface area contributed by atoms with Crippen molar-refractivity contribution in [1.82, 2.24) is 14.9 Å². The van der Waals surface area contributed by atoms with Crippen LogP contribution in [0.1, 0.15) is 16.9 Å². The first-order valence-corrected chi connectivity index (χ1v) is 5.38. The molecule has 0 spiro atoms. The van der Waals surface area contributed by atoms with E-state index in [-0.39, 0.29) is 22.8 Å². The maximum atomic E-state index is 12.0. The molecule has 1 aromatic rings. The molecule has 5 nitrogen and oxygen atoms in total. The molecule has 0 N–H and O–H groups in total. The van der Waals surface area contributed by atoms with Crippen LogP contribution in [0.2, 0.25) is 5.15 Å². The zero-order chi connectivity index (χ0) is 11.5. The lowest BCUT2D eigenvalue weighted by Crippen LogP contribution is -2.37. The molecule has 86 valence electrons. The van der Waals surface area contributed by atoms with Crippen molar-refractivity contribution in [2.24, 2.45) is 0 Å². The summed E-state index contributed by atoms with van der Waals surface area (Å²) in [7, 11) is 1.74. The Hall–Kier alpha value is -1.20. The molecule has 0 saturated carbocycles. The maximum Gasteiger partial charge on any atom is 0.274 e. The molecule has 0 aliphatic carbocycles. The predicted molar refractivity (Wildman–Crippen MR) is 58.4 cm³/mol. The molecule has 1 amide bonds. The second-order valence-electron chi connectivity index (χ2n) is 3.66. The zero-order valence-corrected chi connectivity index (χ0v) is 9.65. The van der Waals surface area contributed by atoms with Gasteiger partial charge in [-0.3, -0.25) is 9.78 Å². The number of halogens is 1. The van der Waals surface area contributed by atoms with Gasteiger partial charge in [-0.15, -0.1) is 0 Å². The molecule has 1 saturated heterocycles. The van der Waals surface area contributed by atoms with Crippen molar-refractivity contribution < 1.29 is 9.53 Å². The summed E-state index contributed by atoms with van der Waals surface area (Å²) in [6, 6.07) is 0.119. The van der Waals surface area contributed by atoms with Crippen molar-refractivity contribution in [2.75, 3.05) is 20.3 Å². The predicted octanol–water partition coefficient (Wildman–Crippen LogP) is 0.991. The van der Waals surface area contributed by atoms with Crippen LogP contribution in [0, 0.1) is 0 Å². The van der Waals surface area contributed by atoms with Crippen molar-refractivity contribution in [3.63, 3.8) is 0 Å². The Kier molecular flexibility index (Phi) is 3.36. The van der Waals surface area contributed by atoms with Crippen LogP contribution in [-0.4, -0.2) is 47.1 Å². The first-order chi connectivity index (χ1) is 7.68. The van der Waals surface area contributed by atoms with E-state index in [1.807, 2.05) is 0 Å². The Morgan fingerprint density at radius 2 is 2.44 bits per heavy atom. The minimum absolute atomic E-state index is 0.119. The third kappa shape index (κ3) is 2.31. The highest BCUT2D eigenvalue weighted by Crippen LogP contribution is 2.13. The minimum Gasteiger partial charge on any atom is -0.379 e. The maximum absolute atomic E-state index is 12.0. The number of ether oxygens (including phenoxy) is 1. The van der Waals surface area contributed by atoms with Gasteiger partial charge < -0.3 is 9.64 Å². The molecular formula is C10H12ClN3O2. The molecule has 16 heavy (non-hydrogen) atoms. The lowest BCUT2D eigenvalue weighted by atomic mass is 10.2. The van der Waals surface area contributed by atoms with E-state index in [0.717, 1.165) is 6.42 Å². The van der Waals surface area contributed by atoms with Crippen LogP contribution in [0.25, 0.3) is 0 Å². The summed E-state index contributed by atoms with van der Waals surface area (Å²) in [5.74, 6) is -0.175. The first kappa shape index (κ1) is 11.3. The second-order valence-corrected chi connectivity index (χ2v) is 4.05. The van der Waals surface area contributed by atoms with Gasteiger partial charge >= 0.3 is 0 Å². The van der Waals surface area contributed by atoms with E-state index >= 15 is 0 Å². The van der Waals surface area contributed by atoms with Crippen molar-refractivity contribution in [2.45, 2.75) is 12.5 Å². The molecule has 0 aromatic carbocycles. The highest BCUT2D eigenvalue weighted by molar-refractivity contribution is 6.29. The quantitative estimate of drug-likeness (QED) is 0.775. The second kappa shape index (κ2) is 4.76. The van der Waals surface area contributed by atoms with Gasteiger partial charge in [-0.2, -0.15) is 0 Å². The monoisotopic (exact) mass is 241 g/mol. The fourth-order valence-electron chi connectivity index (χ4n) is 1.62. The standard InChI is InChI=1S/C10H12ClN3O2/c1-14(7-2-3-16-6-7)10(15)8-4-12-5-9(11)13-8/h4-5,7H,2-3,6H2,1H3. The highest BCUT2D eigenvalue weighted by Gasteiger charge is 2.25. The van der Waals surface area contributed by atoms with Crippen molar-refractivity contribution in [1.29, 1.82) is 0 Å². The third-order valence-electron chi connectivity index (χ3n) is 2.60. The average molecular weight is 242 g/mol. The van der Waals surface area contributed by atoms with Gasteiger partial charge in [0, 0.05) is 13.7 Å². The SMILES string of the molecule is CN(C(=O)c1cncc(Cl)n1)C1CCOC1. The molecule has 2 heterocycles. The number of carbonyl (C=O) groups excluding carboxylic acids is 1. The van der Waals surface area contributed by atoms with Crippen molar-refractivity contribution in [3.05, 3.63) is 23.2 Å². The molecule has 6 heteroatoms. The van der Waals surface area contributed by atoms with Gasteiger partial charge in [0.1, 0.15) is 10.8 Å². The van der Waals surface area contributed by atoms with E-state index in [1.165, 1.54) is 12.4 Å². The lowest BCUT2D eigenvalue weighted by molar-refractivity contribution is 0.0705. The van der Waals surface area contributed by atoms with E-state index in [2.05, 4.69) is 9.97 Å². The molecule has 1 aromatic heterocycles. The molecule has 1 aliphatic rings. The van der Waals surface area contributed by atoms with Crippen LogP contribution in [0.5, 0.6) is 0 Å². The molecule has 1 atom stereocenters. The van der Waals surface area contributed by atoms with Crippen LogP contribution in [0.3, 0.4) is 0 Å². The molecule has 0 radical (unpaired) electrons. The van der Waals surface area contributed by atoms with Gasteiger partial charge in [-0.05, 0) is 6.42 Å². The van der Waals surface area contributed by atoms with Gasteiger partial charge in [0.2, 0.25) is 0 Å². The number of aromatic nitrogens is 2. The molecule has 0 bridgehead atoms. The molecular weight excluding hydrogens is 230 g/mol. The van der Waals surface area contributed by atoms with Crippen LogP contribution >= 0.6 is 11.6 Å². The third-order valence-corrected chi connectivity index (χ3v) is 2.78. The van der Waals surface area contributed by atoms with Gasteiger partial charge in [-0.25, -0.2) is 4.98 Å². The van der Waals surface area contributed by atoms with Gasteiger partial charge in [0.05, 0.1) is 25.0 Å². The van der Waals surface area contributed by atoms with Gasteiger partial charge in [-0.1, -0.05) is 11.6 Å². The molecule has 2 rings (SSSR count). The highest BCUT2D eigenvalue weighted by atomic mass is 35.5. The van der Waals surface area contributed by atoms with E-state index in [1.54, 1.807) is 11.9 Å².